The molecule has 0 radical (unpaired) electrons. The highest BCUT2D eigenvalue weighted by Gasteiger charge is 2.44. The Hall–Kier alpha value is -1.67. The fourth-order valence-corrected chi connectivity index (χ4v) is 8.83. The van der Waals surface area contributed by atoms with Gasteiger partial charge in [-0.1, -0.05) is 217 Å². The number of carbonyl (C=O) groups excluding carboxylic acids is 1. The SMILES string of the molecule is CCCCCCCCCCCCCCC/C=C/CC/C=C/CC/C=C/CCCC(O)C(O)C(COC1OC(CO)C(O)C(O)C1O)NC(=O)C(O)CCCCCCCCCCCCCCCC. The van der Waals surface area contributed by atoms with Gasteiger partial charge in [0.2, 0.25) is 5.91 Å². The van der Waals surface area contributed by atoms with Crippen molar-refractivity contribution in [3.05, 3.63) is 36.5 Å². The summed E-state index contributed by atoms with van der Waals surface area (Å²) < 4.78 is 11.1. The van der Waals surface area contributed by atoms with Gasteiger partial charge < -0.3 is 50.5 Å². The molecule has 394 valence electrons. The van der Waals surface area contributed by atoms with E-state index in [4.69, 9.17) is 9.47 Å². The quantitative estimate of drug-likeness (QED) is 0.0215. The summed E-state index contributed by atoms with van der Waals surface area (Å²) in [5.74, 6) is -0.711. The summed E-state index contributed by atoms with van der Waals surface area (Å²) in [6.45, 7) is 3.44. The van der Waals surface area contributed by atoms with Crippen molar-refractivity contribution >= 4 is 5.91 Å². The predicted octanol–water partition coefficient (Wildman–Crippen LogP) is 11.1. The number of ether oxygens (including phenoxy) is 2. The van der Waals surface area contributed by atoms with E-state index in [1.165, 1.54) is 154 Å². The molecule has 11 heteroatoms. The largest absolute Gasteiger partial charge is 0.394 e. The van der Waals surface area contributed by atoms with Gasteiger partial charge in [-0.2, -0.15) is 0 Å². The maximum absolute atomic E-state index is 13.1. The first-order chi connectivity index (χ1) is 32.7. The molecule has 1 saturated heterocycles. The molecule has 67 heavy (non-hydrogen) atoms. The Bertz CT molecular complexity index is 1180. The average molecular weight is 952 g/mol. The second kappa shape index (κ2) is 45.5. The smallest absolute Gasteiger partial charge is 0.249 e. The Labute approximate surface area is 409 Å². The summed E-state index contributed by atoms with van der Waals surface area (Å²) in [6, 6.07) is -1.19. The Kier molecular flexibility index (Phi) is 43.0. The Morgan fingerprint density at radius 1 is 0.507 bits per heavy atom. The maximum Gasteiger partial charge on any atom is 0.249 e. The van der Waals surface area contributed by atoms with Crippen molar-refractivity contribution in [3.63, 3.8) is 0 Å². The van der Waals surface area contributed by atoms with Crippen LogP contribution < -0.4 is 5.32 Å². The molecule has 8 N–H and O–H groups in total. The maximum atomic E-state index is 13.1. The van der Waals surface area contributed by atoms with Crippen molar-refractivity contribution in [1.29, 1.82) is 0 Å². The standard InChI is InChI=1S/C56H105NO10/c1-3-5-7-9-11-13-15-17-19-20-21-22-23-24-25-26-27-28-29-30-32-33-35-37-39-41-43-48(59)51(61)47(46-66-56-54(64)53(63)52(62)50(45-58)67-56)57-55(65)49(60)44-42-40-38-36-34-31-18-16-14-12-10-8-6-4-2/h25-26,29-30,35,37,47-54,56,58-64H,3-24,27-28,31-34,36,38-46H2,1-2H3,(H,57,65)/b26-25+,30-29+,37-35+. The van der Waals surface area contributed by atoms with Gasteiger partial charge in [0, 0.05) is 0 Å². The van der Waals surface area contributed by atoms with E-state index < -0.39 is 74.2 Å². The molecule has 0 saturated carbocycles. The lowest BCUT2D eigenvalue weighted by molar-refractivity contribution is -0.303. The minimum atomic E-state index is -1.67. The fourth-order valence-electron chi connectivity index (χ4n) is 8.83. The first-order valence-electron chi connectivity index (χ1n) is 27.9. The van der Waals surface area contributed by atoms with Crippen molar-refractivity contribution in [2.24, 2.45) is 0 Å². The van der Waals surface area contributed by atoms with Crippen molar-refractivity contribution in [2.45, 2.75) is 300 Å². The predicted molar refractivity (Wildman–Crippen MR) is 275 cm³/mol. The topological polar surface area (TPSA) is 189 Å². The summed E-state index contributed by atoms with van der Waals surface area (Å²) in [7, 11) is 0. The third-order valence-electron chi connectivity index (χ3n) is 13.4. The Morgan fingerprint density at radius 2 is 0.896 bits per heavy atom. The molecule has 1 heterocycles. The Morgan fingerprint density at radius 3 is 1.33 bits per heavy atom. The van der Waals surface area contributed by atoms with Crippen LogP contribution in [0.4, 0.5) is 0 Å². The summed E-state index contributed by atoms with van der Waals surface area (Å²) in [5, 5.41) is 75.9. The summed E-state index contributed by atoms with van der Waals surface area (Å²) in [5.41, 5.74) is 0. The zero-order valence-electron chi connectivity index (χ0n) is 42.9. The lowest BCUT2D eigenvalue weighted by atomic mass is 9.98. The molecule has 0 aromatic heterocycles. The third kappa shape index (κ3) is 34.3. The summed E-state index contributed by atoms with van der Waals surface area (Å²) >= 11 is 0. The Balaban J connectivity index is 2.36. The molecule has 1 rings (SSSR count). The summed E-state index contributed by atoms with van der Waals surface area (Å²) in [6.07, 6.45) is 43.5. The number of allylic oxidation sites excluding steroid dienone is 6. The number of aliphatic hydroxyl groups is 7. The van der Waals surface area contributed by atoms with Crippen molar-refractivity contribution < 1.29 is 50.0 Å². The number of aliphatic hydroxyl groups excluding tert-OH is 7. The van der Waals surface area contributed by atoms with E-state index in [-0.39, 0.29) is 12.8 Å². The van der Waals surface area contributed by atoms with Gasteiger partial charge in [-0.15, -0.1) is 0 Å². The van der Waals surface area contributed by atoms with Gasteiger partial charge in [-0.3, -0.25) is 4.79 Å². The molecule has 9 atom stereocenters. The molecule has 1 amide bonds. The highest BCUT2D eigenvalue weighted by molar-refractivity contribution is 5.80. The third-order valence-corrected chi connectivity index (χ3v) is 13.4. The number of hydrogen-bond donors (Lipinski definition) is 8. The van der Waals surface area contributed by atoms with Gasteiger partial charge >= 0.3 is 0 Å². The second-order valence-corrected chi connectivity index (χ2v) is 19.6. The molecule has 0 aromatic carbocycles. The molecule has 0 bridgehead atoms. The monoisotopic (exact) mass is 952 g/mol. The molecule has 0 spiro atoms. The molecule has 0 aliphatic carbocycles. The van der Waals surface area contributed by atoms with Gasteiger partial charge in [0.25, 0.3) is 0 Å². The van der Waals surface area contributed by atoms with Gasteiger partial charge in [-0.05, 0) is 64.2 Å². The van der Waals surface area contributed by atoms with E-state index in [9.17, 15) is 40.5 Å². The highest BCUT2D eigenvalue weighted by atomic mass is 16.7. The normalized spacial score (nSPS) is 20.9. The molecular formula is C56H105NO10. The highest BCUT2D eigenvalue weighted by Crippen LogP contribution is 2.23. The number of unbranched alkanes of at least 4 members (excludes halogenated alkanes) is 29. The number of amides is 1. The van der Waals surface area contributed by atoms with E-state index in [1.54, 1.807) is 0 Å². The van der Waals surface area contributed by atoms with Crippen LogP contribution in [0, 0.1) is 0 Å². The van der Waals surface area contributed by atoms with Crippen LogP contribution >= 0.6 is 0 Å². The van der Waals surface area contributed by atoms with Crippen LogP contribution in [-0.4, -0.2) is 110 Å². The van der Waals surface area contributed by atoms with Gasteiger partial charge in [-0.25, -0.2) is 0 Å². The molecule has 1 fully saturated rings. The van der Waals surface area contributed by atoms with Crippen LogP contribution in [0.25, 0.3) is 0 Å². The first kappa shape index (κ1) is 63.3. The van der Waals surface area contributed by atoms with Crippen LogP contribution in [0.5, 0.6) is 0 Å². The van der Waals surface area contributed by atoms with Crippen LogP contribution in [0.3, 0.4) is 0 Å². The van der Waals surface area contributed by atoms with Gasteiger partial charge in [0.1, 0.15) is 36.6 Å². The molecular weight excluding hydrogens is 847 g/mol. The minimum Gasteiger partial charge on any atom is -0.394 e. The lowest BCUT2D eigenvalue weighted by Crippen LogP contribution is -2.60. The van der Waals surface area contributed by atoms with Crippen LogP contribution in [0.15, 0.2) is 36.5 Å². The second-order valence-electron chi connectivity index (χ2n) is 19.6. The molecule has 9 unspecified atom stereocenters. The minimum absolute atomic E-state index is 0.242. The zero-order chi connectivity index (χ0) is 49.0. The van der Waals surface area contributed by atoms with E-state index in [2.05, 4.69) is 55.6 Å². The molecule has 1 aliphatic rings. The van der Waals surface area contributed by atoms with E-state index in [0.29, 0.717) is 19.3 Å². The number of hydrogen-bond acceptors (Lipinski definition) is 10. The lowest BCUT2D eigenvalue weighted by Gasteiger charge is -2.40. The van der Waals surface area contributed by atoms with E-state index in [1.807, 2.05) is 0 Å². The zero-order valence-corrected chi connectivity index (χ0v) is 42.9. The number of rotatable bonds is 47. The average Bonchev–Trinajstić information content (AvgIpc) is 3.33. The number of nitrogens with one attached hydrogen (secondary N) is 1. The van der Waals surface area contributed by atoms with Crippen molar-refractivity contribution in [2.75, 3.05) is 13.2 Å². The van der Waals surface area contributed by atoms with Gasteiger partial charge in [0.05, 0.1) is 25.4 Å². The van der Waals surface area contributed by atoms with Crippen LogP contribution in [0.2, 0.25) is 0 Å². The molecule has 1 aliphatic heterocycles. The van der Waals surface area contributed by atoms with E-state index in [0.717, 1.165) is 44.9 Å². The van der Waals surface area contributed by atoms with Crippen LogP contribution in [-0.2, 0) is 14.3 Å². The molecule has 11 nitrogen and oxygen atoms in total. The van der Waals surface area contributed by atoms with Crippen molar-refractivity contribution in [1.82, 2.24) is 5.32 Å². The van der Waals surface area contributed by atoms with Crippen LogP contribution in [0.1, 0.15) is 245 Å². The van der Waals surface area contributed by atoms with E-state index >= 15 is 0 Å². The van der Waals surface area contributed by atoms with Gasteiger partial charge in [0.15, 0.2) is 6.29 Å². The first-order valence-corrected chi connectivity index (χ1v) is 27.9. The van der Waals surface area contributed by atoms with Crippen molar-refractivity contribution in [3.8, 4) is 0 Å². The molecule has 0 aromatic rings. The fraction of sp³-hybridized carbons (Fsp3) is 0.875. The number of carbonyl (C=O) groups is 1. The summed E-state index contributed by atoms with van der Waals surface area (Å²) in [4.78, 5) is 13.1.